The summed E-state index contributed by atoms with van der Waals surface area (Å²) >= 11 is 3.36. The summed E-state index contributed by atoms with van der Waals surface area (Å²) in [5, 5.41) is 0.539. The Labute approximate surface area is 161 Å². The molecule has 0 aliphatic carbocycles. The van der Waals surface area contributed by atoms with Crippen LogP contribution >= 0.6 is 28.3 Å². The number of hydrogen-bond acceptors (Lipinski definition) is 4. The summed E-state index contributed by atoms with van der Waals surface area (Å²) in [6, 6.07) is 5.38. The average molecular weight is 432 g/mol. The molecule has 0 aliphatic heterocycles. The number of fused-ring (bicyclic) bond motifs is 1. The molecular weight excluding hydrogens is 408 g/mol. The second kappa shape index (κ2) is 8.78. The maximum atomic E-state index is 12.5. The van der Waals surface area contributed by atoms with Crippen LogP contribution in [0, 0.1) is 5.41 Å². The van der Waals surface area contributed by atoms with Crippen LogP contribution in [0.2, 0.25) is 0 Å². The van der Waals surface area contributed by atoms with Gasteiger partial charge in [0.2, 0.25) is 5.91 Å². The molecular formula is C17H24BrClN4O2. The molecule has 0 saturated carbocycles. The summed E-state index contributed by atoms with van der Waals surface area (Å²) in [5.41, 5.74) is 6.09. The summed E-state index contributed by atoms with van der Waals surface area (Å²) in [5.74, 6) is -0.0160. The van der Waals surface area contributed by atoms with E-state index in [4.69, 9.17) is 5.73 Å². The van der Waals surface area contributed by atoms with Gasteiger partial charge in [0.25, 0.3) is 5.56 Å². The van der Waals surface area contributed by atoms with Gasteiger partial charge >= 0.3 is 0 Å². The highest BCUT2D eigenvalue weighted by Crippen LogP contribution is 2.16. The third kappa shape index (κ3) is 5.52. The topological polar surface area (TPSA) is 81.2 Å². The number of halogens is 2. The Kier molecular flexibility index (Phi) is 7.59. The highest BCUT2D eigenvalue weighted by molar-refractivity contribution is 9.10. The van der Waals surface area contributed by atoms with Crippen molar-refractivity contribution in [3.63, 3.8) is 0 Å². The fourth-order valence-corrected chi connectivity index (χ4v) is 2.85. The summed E-state index contributed by atoms with van der Waals surface area (Å²) < 4.78 is 2.31. The Morgan fingerprint density at radius 2 is 2.08 bits per heavy atom. The van der Waals surface area contributed by atoms with Gasteiger partial charge in [-0.25, -0.2) is 4.98 Å². The minimum absolute atomic E-state index is 0. The third-order valence-corrected chi connectivity index (χ3v) is 4.49. The van der Waals surface area contributed by atoms with E-state index >= 15 is 0 Å². The zero-order valence-electron chi connectivity index (χ0n) is 14.7. The van der Waals surface area contributed by atoms with Gasteiger partial charge in [0.15, 0.2) is 0 Å². The summed E-state index contributed by atoms with van der Waals surface area (Å²) in [4.78, 5) is 30.7. The van der Waals surface area contributed by atoms with Crippen molar-refractivity contribution in [1.82, 2.24) is 14.5 Å². The monoisotopic (exact) mass is 430 g/mol. The van der Waals surface area contributed by atoms with Gasteiger partial charge < -0.3 is 10.6 Å². The van der Waals surface area contributed by atoms with Gasteiger partial charge in [-0.3, -0.25) is 14.2 Å². The fourth-order valence-electron chi connectivity index (χ4n) is 2.49. The predicted molar refractivity (Wildman–Crippen MR) is 106 cm³/mol. The number of nitrogens with two attached hydrogens (primary N) is 1. The molecule has 0 saturated heterocycles. The Bertz CT molecular complexity index is 807. The minimum atomic E-state index is -0.140. The Morgan fingerprint density at radius 3 is 2.72 bits per heavy atom. The van der Waals surface area contributed by atoms with Crippen molar-refractivity contribution in [1.29, 1.82) is 0 Å². The lowest BCUT2D eigenvalue weighted by atomic mass is 9.93. The van der Waals surface area contributed by atoms with Crippen LogP contribution in [0.1, 0.15) is 20.3 Å². The summed E-state index contributed by atoms with van der Waals surface area (Å²) in [6.45, 7) is 5.44. The van der Waals surface area contributed by atoms with Crippen molar-refractivity contribution in [3.05, 3.63) is 39.4 Å². The van der Waals surface area contributed by atoms with E-state index in [1.54, 1.807) is 24.1 Å². The van der Waals surface area contributed by atoms with E-state index in [1.807, 2.05) is 19.9 Å². The number of carbonyl (C=O) groups is 1. The Balaban J connectivity index is 0.00000312. The lowest BCUT2D eigenvalue weighted by Crippen LogP contribution is -2.40. The molecule has 1 amide bonds. The van der Waals surface area contributed by atoms with Crippen LogP contribution < -0.4 is 11.3 Å². The number of aryl methyl sites for hydroxylation is 1. The van der Waals surface area contributed by atoms with Crippen LogP contribution in [0.25, 0.3) is 10.9 Å². The Morgan fingerprint density at radius 1 is 1.40 bits per heavy atom. The standard InChI is InChI=1S/C17H23BrN4O2.ClH/c1-17(2,9-19)10-21(3)15(23)6-7-22-11-20-14-5-4-12(18)8-13(14)16(22)24;/h4-5,8,11H,6-7,9-10,19H2,1-3H3;1H. The molecule has 0 radical (unpaired) electrons. The zero-order valence-corrected chi connectivity index (χ0v) is 17.1. The van der Waals surface area contributed by atoms with Gasteiger partial charge in [0.05, 0.1) is 17.2 Å². The van der Waals surface area contributed by atoms with Crippen LogP contribution in [0.15, 0.2) is 33.8 Å². The number of amides is 1. The average Bonchev–Trinajstić information content (AvgIpc) is 2.54. The van der Waals surface area contributed by atoms with E-state index in [1.165, 1.54) is 10.9 Å². The van der Waals surface area contributed by atoms with Crippen molar-refractivity contribution in [2.45, 2.75) is 26.8 Å². The van der Waals surface area contributed by atoms with Gasteiger partial charge in [0.1, 0.15) is 0 Å². The first-order valence-corrected chi connectivity index (χ1v) is 8.61. The molecule has 1 aromatic heterocycles. The van der Waals surface area contributed by atoms with E-state index in [2.05, 4.69) is 20.9 Å². The fraction of sp³-hybridized carbons (Fsp3) is 0.471. The smallest absolute Gasteiger partial charge is 0.261 e. The second-order valence-corrected chi connectivity index (χ2v) is 7.69. The zero-order chi connectivity index (χ0) is 17.9. The largest absolute Gasteiger partial charge is 0.345 e. The molecule has 0 spiro atoms. The number of benzene rings is 1. The lowest BCUT2D eigenvalue weighted by Gasteiger charge is -2.29. The lowest BCUT2D eigenvalue weighted by molar-refractivity contribution is -0.131. The molecule has 0 aliphatic rings. The van der Waals surface area contributed by atoms with E-state index in [9.17, 15) is 9.59 Å². The van der Waals surface area contributed by atoms with E-state index in [0.717, 1.165) is 4.47 Å². The van der Waals surface area contributed by atoms with Crippen molar-refractivity contribution < 1.29 is 4.79 Å². The molecule has 8 heteroatoms. The normalized spacial score (nSPS) is 11.2. The molecule has 2 rings (SSSR count). The maximum Gasteiger partial charge on any atom is 0.261 e. The van der Waals surface area contributed by atoms with Gasteiger partial charge in [-0.15, -0.1) is 12.4 Å². The van der Waals surface area contributed by atoms with E-state index in [0.29, 0.717) is 30.5 Å². The third-order valence-electron chi connectivity index (χ3n) is 4.00. The molecule has 138 valence electrons. The number of carbonyl (C=O) groups excluding carboxylic acids is 1. The first-order valence-electron chi connectivity index (χ1n) is 7.82. The van der Waals surface area contributed by atoms with Crippen LogP contribution in [-0.2, 0) is 11.3 Å². The molecule has 0 unspecified atom stereocenters. The minimum Gasteiger partial charge on any atom is -0.345 e. The molecule has 0 fully saturated rings. The van der Waals surface area contributed by atoms with Crippen LogP contribution in [0.5, 0.6) is 0 Å². The SMILES string of the molecule is CN(CC(C)(C)CN)C(=O)CCn1cnc2ccc(Br)cc2c1=O.Cl. The molecule has 2 aromatic rings. The molecule has 2 N–H and O–H groups in total. The second-order valence-electron chi connectivity index (χ2n) is 6.77. The van der Waals surface area contributed by atoms with Crippen molar-refractivity contribution >= 4 is 45.1 Å². The molecule has 0 atom stereocenters. The number of rotatable bonds is 6. The molecule has 25 heavy (non-hydrogen) atoms. The van der Waals surface area contributed by atoms with Crippen LogP contribution in [-0.4, -0.2) is 40.5 Å². The van der Waals surface area contributed by atoms with Crippen LogP contribution in [0.4, 0.5) is 0 Å². The number of aromatic nitrogens is 2. The van der Waals surface area contributed by atoms with Crippen LogP contribution in [0.3, 0.4) is 0 Å². The van der Waals surface area contributed by atoms with E-state index < -0.39 is 0 Å². The molecule has 6 nitrogen and oxygen atoms in total. The van der Waals surface area contributed by atoms with Crippen molar-refractivity contribution in [2.75, 3.05) is 20.1 Å². The predicted octanol–water partition coefficient (Wildman–Crippen LogP) is 2.41. The first kappa shape index (κ1) is 21.6. The number of hydrogen-bond donors (Lipinski definition) is 1. The van der Waals surface area contributed by atoms with Crippen molar-refractivity contribution in [2.24, 2.45) is 11.1 Å². The van der Waals surface area contributed by atoms with Gasteiger partial charge in [-0.1, -0.05) is 29.8 Å². The molecule has 1 heterocycles. The molecule has 1 aromatic carbocycles. The Hall–Kier alpha value is -1.44. The van der Waals surface area contributed by atoms with Gasteiger partial charge in [-0.05, 0) is 30.2 Å². The summed E-state index contributed by atoms with van der Waals surface area (Å²) in [6.07, 6.45) is 1.74. The molecule has 0 bridgehead atoms. The first-order chi connectivity index (χ1) is 11.2. The maximum absolute atomic E-state index is 12.5. The van der Waals surface area contributed by atoms with Gasteiger partial charge in [-0.2, -0.15) is 0 Å². The number of nitrogens with zero attached hydrogens (tertiary/aromatic N) is 3. The quantitative estimate of drug-likeness (QED) is 0.761. The van der Waals surface area contributed by atoms with Gasteiger partial charge in [0, 0.05) is 31.0 Å². The van der Waals surface area contributed by atoms with E-state index in [-0.39, 0.29) is 35.7 Å². The highest BCUT2D eigenvalue weighted by Gasteiger charge is 2.21. The highest BCUT2D eigenvalue weighted by atomic mass is 79.9. The summed E-state index contributed by atoms with van der Waals surface area (Å²) in [7, 11) is 1.76. The van der Waals surface area contributed by atoms with Crippen molar-refractivity contribution in [3.8, 4) is 0 Å².